The van der Waals surface area contributed by atoms with Crippen molar-refractivity contribution in [3.63, 3.8) is 0 Å². The van der Waals surface area contributed by atoms with E-state index in [4.69, 9.17) is 32.2 Å². The average Bonchev–Trinajstić information content (AvgIpc) is 2.79. The molecule has 12 heteroatoms. The van der Waals surface area contributed by atoms with Gasteiger partial charge in [0.05, 0.1) is 6.61 Å². The van der Waals surface area contributed by atoms with E-state index >= 15 is 0 Å². The molecular formula is C20H28O11Si. The number of hydrogen-bond acceptors (Lipinski definition) is 11. The van der Waals surface area contributed by atoms with Crippen LogP contribution in [-0.2, 0) is 51.4 Å². The number of ether oxygens (including phenoxy) is 4. The van der Waals surface area contributed by atoms with Gasteiger partial charge in [-0.2, -0.15) is 0 Å². The monoisotopic (exact) mass is 472 g/mol. The number of rotatable bonds is 17. The van der Waals surface area contributed by atoms with Gasteiger partial charge in [0.25, 0.3) is 0 Å². The normalized spacial score (nSPS) is 10.9. The predicted molar refractivity (Wildman–Crippen MR) is 113 cm³/mol. The first-order valence-corrected chi connectivity index (χ1v) is 11.2. The van der Waals surface area contributed by atoms with Crippen molar-refractivity contribution in [2.45, 2.75) is 24.9 Å². The quantitative estimate of drug-likeness (QED) is 0.100. The van der Waals surface area contributed by atoms with E-state index in [0.717, 1.165) is 24.3 Å². The van der Waals surface area contributed by atoms with E-state index in [0.29, 0.717) is 12.8 Å². The van der Waals surface area contributed by atoms with E-state index in [1.54, 1.807) is 0 Å². The van der Waals surface area contributed by atoms with Crippen LogP contribution in [0.25, 0.3) is 0 Å². The fraction of sp³-hybridized carbons (Fsp3) is 0.400. The van der Waals surface area contributed by atoms with Crippen LogP contribution in [0, 0.1) is 0 Å². The molecule has 178 valence electrons. The molecule has 0 heterocycles. The molecule has 0 aromatic carbocycles. The minimum atomic E-state index is -3.77. The van der Waals surface area contributed by atoms with Crippen molar-refractivity contribution in [2.24, 2.45) is 0 Å². The zero-order chi connectivity index (χ0) is 24.6. The smallest absolute Gasteiger partial charge is 0.463 e. The number of hydrogen-bond donors (Lipinski definition) is 0. The molecule has 0 aliphatic carbocycles. The number of esters is 4. The molecule has 0 aromatic heterocycles. The van der Waals surface area contributed by atoms with Gasteiger partial charge in [-0.15, -0.1) is 0 Å². The third-order valence-corrected chi connectivity index (χ3v) is 6.35. The van der Waals surface area contributed by atoms with Crippen LogP contribution < -0.4 is 0 Å². The molecule has 11 nitrogen and oxygen atoms in total. The Bertz CT molecular complexity index is 657. The Labute approximate surface area is 187 Å². The van der Waals surface area contributed by atoms with E-state index in [-0.39, 0.29) is 13.2 Å². The molecule has 0 rings (SSSR count). The summed E-state index contributed by atoms with van der Waals surface area (Å²) >= 11 is 0. The molecule has 0 unspecified atom stereocenters. The summed E-state index contributed by atoms with van der Waals surface area (Å²) < 4.78 is 36.6. The SMILES string of the molecule is C=CC(=O)OCCCCO[Si](CC(OC(=O)C=C)(OC(=O)C=C)OC(=O)C=C)(OC)OC. The standard InChI is InChI=1S/C20H28O11Si/c1-7-16(21)27-13-11-12-14-28-32(25-5,26-6)15-20(29-17(22)8-2,30-18(23)9-3)31-19(24)10-4/h7-10H,1-4,11-15H2,5-6H3. The predicted octanol–water partition coefficient (Wildman–Crippen LogP) is 1.59. The summed E-state index contributed by atoms with van der Waals surface area (Å²) in [6.07, 6.45) is 4.23. The van der Waals surface area contributed by atoms with Gasteiger partial charge in [0.15, 0.2) is 0 Å². The highest BCUT2D eigenvalue weighted by atomic mass is 28.4. The van der Waals surface area contributed by atoms with Crippen LogP contribution >= 0.6 is 0 Å². The largest absolute Gasteiger partial charge is 0.512 e. The van der Waals surface area contributed by atoms with Crippen LogP contribution in [0.1, 0.15) is 12.8 Å². The second-order valence-electron chi connectivity index (χ2n) is 5.75. The van der Waals surface area contributed by atoms with Crippen LogP contribution in [0.3, 0.4) is 0 Å². The Balaban J connectivity index is 5.64. The second-order valence-corrected chi connectivity index (χ2v) is 8.58. The fourth-order valence-corrected chi connectivity index (χ4v) is 4.08. The third kappa shape index (κ3) is 10.3. The molecular weight excluding hydrogens is 444 g/mol. The molecule has 0 aromatic rings. The van der Waals surface area contributed by atoms with Gasteiger partial charge in [-0.05, 0) is 12.8 Å². The molecule has 0 saturated carbocycles. The Hall–Kier alpha value is -3.06. The summed E-state index contributed by atoms with van der Waals surface area (Å²) in [5.41, 5.74) is 0. The van der Waals surface area contributed by atoms with E-state index in [1.807, 2.05) is 0 Å². The highest BCUT2D eigenvalue weighted by Gasteiger charge is 2.56. The van der Waals surface area contributed by atoms with Crippen LogP contribution in [0.2, 0.25) is 6.04 Å². The lowest BCUT2D eigenvalue weighted by Crippen LogP contribution is -2.55. The molecule has 0 amide bonds. The lowest BCUT2D eigenvalue weighted by Gasteiger charge is -2.35. The molecule has 0 spiro atoms. The van der Waals surface area contributed by atoms with Crippen molar-refractivity contribution >= 4 is 32.7 Å². The van der Waals surface area contributed by atoms with Gasteiger partial charge in [0.2, 0.25) is 0 Å². The highest BCUT2D eigenvalue weighted by molar-refractivity contribution is 6.60. The van der Waals surface area contributed by atoms with Gasteiger partial charge in [-0.3, -0.25) is 0 Å². The Morgan fingerprint density at radius 1 is 0.719 bits per heavy atom. The Morgan fingerprint density at radius 2 is 1.12 bits per heavy atom. The van der Waals surface area contributed by atoms with Gasteiger partial charge >= 0.3 is 38.7 Å². The van der Waals surface area contributed by atoms with Crippen molar-refractivity contribution in [2.75, 3.05) is 27.4 Å². The molecule has 0 saturated heterocycles. The lowest BCUT2D eigenvalue weighted by atomic mass is 10.3. The van der Waals surface area contributed by atoms with Crippen molar-refractivity contribution in [3.05, 3.63) is 50.6 Å². The van der Waals surface area contributed by atoms with Gasteiger partial charge in [0.1, 0.15) is 6.04 Å². The van der Waals surface area contributed by atoms with Crippen molar-refractivity contribution in [1.82, 2.24) is 0 Å². The lowest BCUT2D eigenvalue weighted by molar-refractivity contribution is -0.317. The zero-order valence-electron chi connectivity index (χ0n) is 18.2. The van der Waals surface area contributed by atoms with Crippen molar-refractivity contribution in [3.8, 4) is 0 Å². The van der Waals surface area contributed by atoms with Gasteiger partial charge in [-0.25, -0.2) is 19.2 Å². The topological polar surface area (TPSA) is 133 Å². The Morgan fingerprint density at radius 3 is 1.50 bits per heavy atom. The molecule has 0 atom stereocenters. The first-order valence-electron chi connectivity index (χ1n) is 9.25. The summed E-state index contributed by atoms with van der Waals surface area (Å²) in [7, 11) is -1.25. The molecule has 0 aliphatic heterocycles. The number of unbranched alkanes of at least 4 members (excludes halogenated alkanes) is 1. The molecule has 0 fully saturated rings. The number of carbonyl (C=O) groups is 4. The van der Waals surface area contributed by atoms with Crippen LogP contribution in [-0.4, -0.2) is 66.1 Å². The maximum absolute atomic E-state index is 11.9. The summed E-state index contributed by atoms with van der Waals surface area (Å²) in [4.78, 5) is 46.8. The molecule has 32 heavy (non-hydrogen) atoms. The molecule has 0 N–H and O–H groups in total. The molecule has 0 aliphatic rings. The minimum Gasteiger partial charge on any atom is -0.463 e. The molecule has 0 radical (unpaired) electrons. The first-order chi connectivity index (χ1) is 15.1. The second kappa shape index (κ2) is 14.9. The van der Waals surface area contributed by atoms with Crippen LogP contribution in [0.15, 0.2) is 50.6 Å². The van der Waals surface area contributed by atoms with Crippen molar-refractivity contribution < 1.29 is 51.4 Å². The average molecular weight is 473 g/mol. The zero-order valence-corrected chi connectivity index (χ0v) is 19.2. The van der Waals surface area contributed by atoms with Gasteiger partial charge in [-0.1, -0.05) is 26.3 Å². The summed E-state index contributed by atoms with van der Waals surface area (Å²) in [5.74, 6) is -6.38. The molecule has 0 bridgehead atoms. The van der Waals surface area contributed by atoms with E-state index in [2.05, 4.69) is 26.3 Å². The van der Waals surface area contributed by atoms with E-state index in [1.165, 1.54) is 14.2 Å². The summed E-state index contributed by atoms with van der Waals surface area (Å²) in [5, 5.41) is 0. The maximum Gasteiger partial charge on any atom is 0.512 e. The van der Waals surface area contributed by atoms with Crippen LogP contribution in [0.5, 0.6) is 0 Å². The number of carbonyl (C=O) groups excluding carboxylic acids is 4. The Kier molecular flexibility index (Phi) is 13.4. The summed E-state index contributed by atoms with van der Waals surface area (Å²) in [6, 6.07) is -0.614. The first kappa shape index (κ1) is 28.9. The van der Waals surface area contributed by atoms with Gasteiger partial charge < -0.3 is 32.2 Å². The van der Waals surface area contributed by atoms with E-state index in [9.17, 15) is 19.2 Å². The fourth-order valence-electron chi connectivity index (χ4n) is 2.08. The van der Waals surface area contributed by atoms with Crippen LogP contribution in [0.4, 0.5) is 0 Å². The maximum atomic E-state index is 11.9. The van der Waals surface area contributed by atoms with Gasteiger partial charge in [0, 0.05) is 45.1 Å². The van der Waals surface area contributed by atoms with E-state index < -0.39 is 44.7 Å². The van der Waals surface area contributed by atoms with Crippen molar-refractivity contribution in [1.29, 1.82) is 0 Å². The summed E-state index contributed by atoms with van der Waals surface area (Å²) in [6.45, 7) is 13.3. The highest BCUT2D eigenvalue weighted by Crippen LogP contribution is 2.31. The minimum absolute atomic E-state index is 0.0653. The third-order valence-electron chi connectivity index (χ3n) is 3.59.